The number of carboxylic acid groups (broad SMARTS) is 1. The molecule has 0 amide bonds. The van der Waals surface area contributed by atoms with E-state index in [9.17, 15) is 9.90 Å². The van der Waals surface area contributed by atoms with Crippen LogP contribution in [0.15, 0.2) is 0 Å². The normalized spacial score (nSPS) is 29.4. The van der Waals surface area contributed by atoms with Crippen LogP contribution in [0.2, 0.25) is 0 Å². The molecule has 3 N–H and O–H groups in total. The van der Waals surface area contributed by atoms with Crippen LogP contribution in [0.5, 0.6) is 0 Å². The van der Waals surface area contributed by atoms with Crippen molar-refractivity contribution in [2.24, 2.45) is 17.6 Å². The van der Waals surface area contributed by atoms with Gasteiger partial charge in [0.15, 0.2) is 6.10 Å². The van der Waals surface area contributed by atoms with E-state index in [-0.39, 0.29) is 0 Å². The topological polar surface area (TPSA) is 72.5 Å². The van der Waals surface area contributed by atoms with Gasteiger partial charge in [-0.1, -0.05) is 27.2 Å². The highest BCUT2D eigenvalue weighted by atomic mass is 16.5. The number of carbonyl (C=O) groups is 1. The van der Waals surface area contributed by atoms with E-state index in [1.165, 1.54) is 0 Å². The Labute approximate surface area is 116 Å². The highest BCUT2D eigenvalue weighted by molar-refractivity contribution is 5.72. The van der Waals surface area contributed by atoms with Crippen LogP contribution >= 0.6 is 0 Å². The van der Waals surface area contributed by atoms with Crippen molar-refractivity contribution in [3.63, 3.8) is 0 Å². The van der Waals surface area contributed by atoms with E-state index in [1.54, 1.807) is 0 Å². The molecule has 4 nitrogen and oxygen atoms in total. The molecule has 4 heteroatoms. The van der Waals surface area contributed by atoms with Crippen molar-refractivity contribution in [1.82, 2.24) is 0 Å². The van der Waals surface area contributed by atoms with Gasteiger partial charge in [0.25, 0.3) is 0 Å². The standard InChI is InChI=1S/C15H29NO3/c1-4-5-13(14(17)18)19-15(10-16)8-6-12(7-9-15)11(2)3/h11-13H,4-10,16H2,1-3H3,(H,17,18). The summed E-state index contributed by atoms with van der Waals surface area (Å²) in [4.78, 5) is 11.2. The minimum atomic E-state index is -0.861. The van der Waals surface area contributed by atoms with Gasteiger partial charge in [-0.3, -0.25) is 0 Å². The molecule has 0 aromatic heterocycles. The maximum atomic E-state index is 11.2. The lowest BCUT2D eigenvalue weighted by Crippen LogP contribution is -2.48. The van der Waals surface area contributed by atoms with Gasteiger partial charge in [-0.2, -0.15) is 0 Å². The van der Waals surface area contributed by atoms with Crippen LogP contribution in [0.1, 0.15) is 59.3 Å². The lowest BCUT2D eigenvalue weighted by atomic mass is 9.74. The molecular formula is C15H29NO3. The second kappa shape index (κ2) is 7.25. The molecule has 0 saturated heterocycles. The van der Waals surface area contributed by atoms with Gasteiger partial charge in [0.2, 0.25) is 0 Å². The summed E-state index contributed by atoms with van der Waals surface area (Å²) in [6.07, 6.45) is 4.63. The van der Waals surface area contributed by atoms with E-state index in [1.807, 2.05) is 6.92 Å². The van der Waals surface area contributed by atoms with Gasteiger partial charge in [-0.15, -0.1) is 0 Å². The van der Waals surface area contributed by atoms with E-state index >= 15 is 0 Å². The summed E-state index contributed by atoms with van der Waals surface area (Å²) < 4.78 is 5.93. The molecule has 0 aromatic carbocycles. The first-order valence-corrected chi connectivity index (χ1v) is 7.55. The lowest BCUT2D eigenvalue weighted by Gasteiger charge is -2.41. The number of hydrogen-bond acceptors (Lipinski definition) is 3. The van der Waals surface area contributed by atoms with Crippen molar-refractivity contribution < 1.29 is 14.6 Å². The zero-order chi connectivity index (χ0) is 14.5. The first kappa shape index (κ1) is 16.4. The third-order valence-electron chi connectivity index (χ3n) is 4.47. The van der Waals surface area contributed by atoms with E-state index in [0.717, 1.165) is 38.0 Å². The van der Waals surface area contributed by atoms with Crippen molar-refractivity contribution in [3.8, 4) is 0 Å². The summed E-state index contributed by atoms with van der Waals surface area (Å²) in [5, 5.41) is 9.22. The Morgan fingerprint density at radius 1 is 1.42 bits per heavy atom. The molecule has 0 radical (unpaired) electrons. The summed E-state index contributed by atoms with van der Waals surface area (Å²) in [5.74, 6) is 0.542. The Hall–Kier alpha value is -0.610. The predicted molar refractivity (Wildman–Crippen MR) is 76.0 cm³/mol. The number of nitrogens with two attached hydrogens (primary N) is 1. The van der Waals surface area contributed by atoms with Crippen LogP contribution in [0.25, 0.3) is 0 Å². The quantitative estimate of drug-likeness (QED) is 0.747. The molecule has 1 fully saturated rings. The Morgan fingerprint density at radius 2 is 2.00 bits per heavy atom. The second-order valence-corrected chi connectivity index (χ2v) is 6.20. The highest BCUT2D eigenvalue weighted by Gasteiger charge is 2.39. The van der Waals surface area contributed by atoms with Crippen LogP contribution < -0.4 is 5.73 Å². The van der Waals surface area contributed by atoms with Gasteiger partial charge in [-0.05, 0) is 43.9 Å². The summed E-state index contributed by atoms with van der Waals surface area (Å²) in [5.41, 5.74) is 5.47. The van der Waals surface area contributed by atoms with Crippen molar-refractivity contribution >= 4 is 5.97 Å². The van der Waals surface area contributed by atoms with Gasteiger partial charge in [0.1, 0.15) is 0 Å². The minimum absolute atomic E-state index is 0.413. The van der Waals surface area contributed by atoms with Crippen molar-refractivity contribution in [3.05, 3.63) is 0 Å². The fourth-order valence-corrected chi connectivity index (χ4v) is 3.00. The van der Waals surface area contributed by atoms with Crippen molar-refractivity contribution in [2.75, 3.05) is 6.54 Å². The van der Waals surface area contributed by atoms with E-state index < -0.39 is 17.7 Å². The molecule has 0 spiro atoms. The average Bonchev–Trinajstić information content (AvgIpc) is 2.38. The molecule has 1 rings (SSSR count). The fraction of sp³-hybridized carbons (Fsp3) is 0.933. The molecule has 112 valence electrons. The number of hydrogen-bond donors (Lipinski definition) is 2. The minimum Gasteiger partial charge on any atom is -0.479 e. The zero-order valence-electron chi connectivity index (χ0n) is 12.5. The van der Waals surface area contributed by atoms with Gasteiger partial charge < -0.3 is 15.6 Å². The molecule has 1 aliphatic carbocycles. The van der Waals surface area contributed by atoms with E-state index in [0.29, 0.717) is 18.9 Å². The smallest absolute Gasteiger partial charge is 0.332 e. The average molecular weight is 271 g/mol. The molecule has 1 unspecified atom stereocenters. The largest absolute Gasteiger partial charge is 0.479 e. The lowest BCUT2D eigenvalue weighted by molar-refractivity contribution is -0.170. The molecule has 0 aliphatic heterocycles. The monoisotopic (exact) mass is 271 g/mol. The first-order valence-electron chi connectivity index (χ1n) is 7.55. The first-order chi connectivity index (χ1) is 8.94. The Morgan fingerprint density at radius 3 is 2.37 bits per heavy atom. The van der Waals surface area contributed by atoms with Crippen molar-refractivity contribution in [2.45, 2.75) is 71.0 Å². The second-order valence-electron chi connectivity index (χ2n) is 6.20. The highest BCUT2D eigenvalue weighted by Crippen LogP contribution is 2.38. The molecule has 0 heterocycles. The SMILES string of the molecule is CCCC(OC1(CN)CCC(C(C)C)CC1)C(=O)O. The number of ether oxygens (including phenoxy) is 1. The van der Waals surface area contributed by atoms with E-state index in [2.05, 4.69) is 13.8 Å². The maximum Gasteiger partial charge on any atom is 0.332 e. The molecule has 19 heavy (non-hydrogen) atoms. The number of rotatable bonds is 7. The molecular weight excluding hydrogens is 242 g/mol. The third kappa shape index (κ3) is 4.46. The fourth-order valence-electron chi connectivity index (χ4n) is 3.00. The van der Waals surface area contributed by atoms with Crippen molar-refractivity contribution in [1.29, 1.82) is 0 Å². The molecule has 1 atom stereocenters. The van der Waals surface area contributed by atoms with Gasteiger partial charge in [0, 0.05) is 6.54 Å². The summed E-state index contributed by atoms with van der Waals surface area (Å²) in [6.45, 7) is 6.89. The van der Waals surface area contributed by atoms with Crippen LogP contribution in [-0.2, 0) is 9.53 Å². The summed E-state index contributed by atoms with van der Waals surface area (Å²) in [6, 6.07) is 0. The van der Waals surface area contributed by atoms with Crippen LogP contribution in [0.3, 0.4) is 0 Å². The molecule has 0 aromatic rings. The van der Waals surface area contributed by atoms with Gasteiger partial charge in [-0.25, -0.2) is 4.79 Å². The molecule has 0 bridgehead atoms. The van der Waals surface area contributed by atoms with Crippen LogP contribution in [0, 0.1) is 11.8 Å². The van der Waals surface area contributed by atoms with E-state index in [4.69, 9.17) is 10.5 Å². The van der Waals surface area contributed by atoms with Crippen LogP contribution in [0.4, 0.5) is 0 Å². The third-order valence-corrected chi connectivity index (χ3v) is 4.47. The Kier molecular flexibility index (Phi) is 6.27. The summed E-state index contributed by atoms with van der Waals surface area (Å²) in [7, 11) is 0. The predicted octanol–water partition coefficient (Wildman–Crippen LogP) is 2.80. The molecule has 1 saturated carbocycles. The zero-order valence-corrected chi connectivity index (χ0v) is 12.5. The van der Waals surface area contributed by atoms with Gasteiger partial charge in [0.05, 0.1) is 5.60 Å². The van der Waals surface area contributed by atoms with Gasteiger partial charge >= 0.3 is 5.97 Å². The Balaban J connectivity index is 2.64. The summed E-state index contributed by atoms with van der Waals surface area (Å²) >= 11 is 0. The van der Waals surface area contributed by atoms with Crippen LogP contribution in [-0.4, -0.2) is 29.3 Å². The number of carboxylic acids is 1. The Bertz CT molecular complexity index is 283. The maximum absolute atomic E-state index is 11.2. The number of aliphatic carboxylic acids is 1. The molecule has 1 aliphatic rings.